The van der Waals surface area contributed by atoms with Crippen molar-refractivity contribution >= 4 is 5.69 Å². The second kappa shape index (κ2) is 10.4. The van der Waals surface area contributed by atoms with Gasteiger partial charge in [0.1, 0.15) is 0 Å². The zero-order valence-corrected chi connectivity index (χ0v) is 18.8. The molecule has 142 valence electrons. The molecule has 0 unspecified atom stereocenters. The van der Waals surface area contributed by atoms with Crippen molar-refractivity contribution < 1.29 is 20.1 Å². The van der Waals surface area contributed by atoms with Crippen molar-refractivity contribution in [2.24, 2.45) is 0 Å². The molecule has 2 atom stereocenters. The van der Waals surface area contributed by atoms with Gasteiger partial charge in [0.15, 0.2) is 0 Å². The third-order valence-corrected chi connectivity index (χ3v) is 4.52. The van der Waals surface area contributed by atoms with Crippen molar-refractivity contribution in [1.82, 2.24) is 0 Å². The van der Waals surface area contributed by atoms with Crippen molar-refractivity contribution in [2.45, 2.75) is 32.9 Å². The summed E-state index contributed by atoms with van der Waals surface area (Å²) in [7, 11) is 0. The average Bonchev–Trinajstić information content (AvgIpc) is 2.62. The molecular formula is C24H27IrN2. The Hall–Kier alpha value is -1.93. The molecule has 0 bridgehead atoms. The molecule has 3 aromatic carbocycles. The minimum Gasteiger partial charge on any atom is -0.679 e. The maximum atomic E-state index is 8.85. The predicted octanol–water partition coefficient (Wildman–Crippen LogP) is 7.60. The molecule has 0 aromatic heterocycles. The molecule has 0 saturated heterocycles. The predicted molar refractivity (Wildman–Crippen MR) is 113 cm³/mol. The molecule has 0 aliphatic rings. The van der Waals surface area contributed by atoms with Crippen LogP contribution in [0.3, 0.4) is 0 Å². The molecule has 0 aliphatic heterocycles. The van der Waals surface area contributed by atoms with Gasteiger partial charge in [0.2, 0.25) is 0 Å². The Labute approximate surface area is 177 Å². The summed E-state index contributed by atoms with van der Waals surface area (Å²) in [5, 5.41) is 5.06. The Morgan fingerprint density at radius 3 is 1.67 bits per heavy atom. The first-order chi connectivity index (χ1) is 12.1. The summed E-state index contributed by atoms with van der Waals surface area (Å²) < 4.78 is 0. The van der Waals surface area contributed by atoms with E-state index in [9.17, 15) is 0 Å². The van der Waals surface area contributed by atoms with E-state index < -0.39 is 6.04 Å². The summed E-state index contributed by atoms with van der Waals surface area (Å²) in [4.78, 5) is 0. The summed E-state index contributed by atoms with van der Waals surface area (Å²) in [6.07, 6.45) is 0. The minimum atomic E-state index is -0.441. The first kappa shape index (κ1) is 23.1. The molecule has 0 aliphatic carbocycles. The molecule has 2 nitrogen and oxygen atoms in total. The quantitative estimate of drug-likeness (QED) is 0.302. The number of nitrogens with zero attached hydrogens (tertiary/aromatic N) is 1. The maximum Gasteiger partial charge on any atom is 3.00 e. The topological polar surface area (TPSA) is 37.9 Å². The van der Waals surface area contributed by atoms with E-state index in [1.165, 1.54) is 16.7 Å². The zero-order valence-electron chi connectivity index (χ0n) is 16.4. The van der Waals surface area contributed by atoms with Gasteiger partial charge in [-0.15, -0.1) is 17.8 Å². The van der Waals surface area contributed by atoms with Gasteiger partial charge in [-0.1, -0.05) is 101 Å². The third kappa shape index (κ3) is 5.52. The molecule has 0 amide bonds. The standard InChI is InChI=1S/C23H24N2.CH3.Ir/c1-16-14-17(2)22(18(3)15-16)25-23(20-12-8-5-9-13-20)21(24)19-10-6-4-7-11-19;;/h4-15,21,23-24H,1-3H3;1H3;/q-2;-1;+3/t21-,23-;;/m0../s1. The molecule has 0 radical (unpaired) electrons. The van der Waals surface area contributed by atoms with Gasteiger partial charge in [0, 0.05) is 0 Å². The molecule has 0 saturated carbocycles. The second-order valence-corrected chi connectivity index (χ2v) is 6.62. The smallest absolute Gasteiger partial charge is 0.679 e. The minimum absolute atomic E-state index is 0. The molecule has 27 heavy (non-hydrogen) atoms. The molecule has 3 rings (SSSR count). The number of benzene rings is 3. The average molecular weight is 536 g/mol. The number of aryl methyl sites for hydroxylation is 3. The van der Waals surface area contributed by atoms with Crippen LogP contribution in [0.15, 0.2) is 72.8 Å². The Balaban J connectivity index is 0.00000182. The van der Waals surface area contributed by atoms with Crippen LogP contribution in [0.25, 0.3) is 11.1 Å². The maximum absolute atomic E-state index is 8.85. The van der Waals surface area contributed by atoms with Crippen LogP contribution in [0.4, 0.5) is 5.69 Å². The van der Waals surface area contributed by atoms with Crippen LogP contribution in [0.5, 0.6) is 0 Å². The number of hydrogen-bond donors (Lipinski definition) is 0. The number of nitrogens with one attached hydrogen (secondary N) is 1. The van der Waals surface area contributed by atoms with Gasteiger partial charge >= 0.3 is 20.1 Å². The SMILES string of the molecule is Cc1cc(C)c([N-][C@@H](c2ccccc2)[C@@H]([NH-])c2ccccc2)c(C)c1.[CH3-].[Ir+3]. The largest absolute Gasteiger partial charge is 3.00 e. The monoisotopic (exact) mass is 536 g/mol. The van der Waals surface area contributed by atoms with Crippen molar-refractivity contribution in [3.63, 3.8) is 0 Å². The summed E-state index contributed by atoms with van der Waals surface area (Å²) in [6, 6.07) is 23.8. The van der Waals surface area contributed by atoms with Gasteiger partial charge in [0.25, 0.3) is 0 Å². The Morgan fingerprint density at radius 2 is 1.19 bits per heavy atom. The first-order valence-electron chi connectivity index (χ1n) is 8.66. The second-order valence-electron chi connectivity index (χ2n) is 6.62. The van der Waals surface area contributed by atoms with E-state index in [1.54, 1.807) is 0 Å². The van der Waals surface area contributed by atoms with E-state index in [0.717, 1.165) is 16.8 Å². The Morgan fingerprint density at radius 1 is 0.741 bits per heavy atom. The van der Waals surface area contributed by atoms with Gasteiger partial charge in [-0.05, 0) is 20.8 Å². The summed E-state index contributed by atoms with van der Waals surface area (Å²) in [6.45, 7) is 6.31. The van der Waals surface area contributed by atoms with Crippen molar-refractivity contribution in [3.8, 4) is 0 Å². The van der Waals surface area contributed by atoms with Crippen molar-refractivity contribution in [1.29, 1.82) is 0 Å². The van der Waals surface area contributed by atoms with E-state index in [1.807, 2.05) is 48.5 Å². The van der Waals surface area contributed by atoms with Crippen LogP contribution in [0.2, 0.25) is 0 Å². The molecule has 3 aromatic rings. The molecule has 0 heterocycles. The molecule has 1 N–H and O–H groups in total. The van der Waals surface area contributed by atoms with Crippen molar-refractivity contribution in [3.05, 3.63) is 119 Å². The van der Waals surface area contributed by atoms with E-state index >= 15 is 0 Å². The van der Waals surface area contributed by atoms with Gasteiger partial charge in [-0.2, -0.15) is 0 Å². The van der Waals surface area contributed by atoms with E-state index in [-0.39, 0.29) is 33.6 Å². The molecule has 0 spiro atoms. The fourth-order valence-corrected chi connectivity index (χ4v) is 3.35. The van der Waals surface area contributed by atoms with Gasteiger partial charge < -0.3 is 18.5 Å². The van der Waals surface area contributed by atoms with Crippen LogP contribution in [0, 0.1) is 28.2 Å². The van der Waals surface area contributed by atoms with Gasteiger partial charge in [0.05, 0.1) is 0 Å². The number of hydrogen-bond acceptors (Lipinski definition) is 0. The van der Waals surface area contributed by atoms with Gasteiger partial charge in [-0.3, -0.25) is 0 Å². The number of rotatable bonds is 5. The first-order valence-corrected chi connectivity index (χ1v) is 8.66. The van der Waals surface area contributed by atoms with Gasteiger partial charge in [-0.25, -0.2) is 0 Å². The van der Waals surface area contributed by atoms with E-state index in [0.29, 0.717) is 0 Å². The van der Waals surface area contributed by atoms with Crippen LogP contribution in [-0.2, 0) is 20.1 Å². The summed E-state index contributed by atoms with van der Waals surface area (Å²) >= 11 is 0. The van der Waals surface area contributed by atoms with Crippen LogP contribution in [-0.4, -0.2) is 0 Å². The molecule has 3 heteroatoms. The Kier molecular flexibility index (Phi) is 8.91. The molecule has 0 fully saturated rings. The normalized spacial score (nSPS) is 12.3. The van der Waals surface area contributed by atoms with E-state index in [4.69, 9.17) is 11.1 Å². The summed E-state index contributed by atoms with van der Waals surface area (Å²) in [5.41, 5.74) is 15.5. The fourth-order valence-electron chi connectivity index (χ4n) is 3.35. The molecular weight excluding hydrogens is 508 g/mol. The van der Waals surface area contributed by atoms with Crippen molar-refractivity contribution in [2.75, 3.05) is 0 Å². The zero-order chi connectivity index (χ0) is 17.8. The van der Waals surface area contributed by atoms with Crippen LogP contribution < -0.4 is 0 Å². The van der Waals surface area contributed by atoms with Crippen LogP contribution in [0.1, 0.15) is 39.9 Å². The van der Waals surface area contributed by atoms with Crippen LogP contribution >= 0.6 is 0 Å². The summed E-state index contributed by atoms with van der Waals surface area (Å²) in [5.74, 6) is 0. The fraction of sp³-hybridized carbons (Fsp3) is 0.208. The Bertz CT molecular complexity index is 809. The van der Waals surface area contributed by atoms with E-state index in [2.05, 4.69) is 45.0 Å². The third-order valence-electron chi connectivity index (χ3n) is 4.52.